The highest BCUT2D eigenvalue weighted by molar-refractivity contribution is 6.09. The number of methoxy groups -OCH3 is 2. The van der Waals surface area contributed by atoms with Crippen LogP contribution in [0.15, 0.2) is 60.7 Å². The van der Waals surface area contributed by atoms with E-state index in [1.807, 2.05) is 24.3 Å². The molecule has 0 unspecified atom stereocenters. The zero-order valence-corrected chi connectivity index (χ0v) is 17.5. The maximum Gasteiger partial charge on any atom is 0.261 e. The number of fused-ring (bicyclic) bond motifs is 1. The van der Waals surface area contributed by atoms with E-state index in [0.29, 0.717) is 23.4 Å². The third-order valence-corrected chi connectivity index (χ3v) is 5.26. The van der Waals surface area contributed by atoms with Crippen LogP contribution in [-0.4, -0.2) is 42.5 Å². The van der Waals surface area contributed by atoms with Crippen LogP contribution in [0.5, 0.6) is 17.2 Å². The Balaban J connectivity index is 1.66. The number of rotatable bonds is 6. The fraction of sp³-hybridized carbons (Fsp3) is 0.167. The summed E-state index contributed by atoms with van der Waals surface area (Å²) in [6.07, 6.45) is 0.559. The highest BCUT2D eigenvalue weighted by Gasteiger charge is 2.20. The highest BCUT2D eigenvalue weighted by Crippen LogP contribution is 2.29. The Hall–Kier alpha value is -4.00. The molecular formula is C24H23N3O4. The predicted octanol–water partition coefficient (Wildman–Crippen LogP) is 4.15. The third kappa shape index (κ3) is 4.02. The van der Waals surface area contributed by atoms with Gasteiger partial charge in [0.25, 0.3) is 5.91 Å². The summed E-state index contributed by atoms with van der Waals surface area (Å²) in [7, 11) is 4.88. The molecule has 4 rings (SSSR count). The summed E-state index contributed by atoms with van der Waals surface area (Å²) in [5.41, 5.74) is 3.38. The van der Waals surface area contributed by atoms with E-state index in [0.717, 1.165) is 22.4 Å². The molecule has 0 fully saturated rings. The number of carbonyl (C=O) groups is 1. The molecule has 0 bridgehead atoms. The van der Waals surface area contributed by atoms with Gasteiger partial charge in [0.2, 0.25) is 0 Å². The largest absolute Gasteiger partial charge is 0.507 e. The SMILES string of the molecule is COc1ccc(N(C)C(=O)c2cc3c(Cc4cccc(OC)c4)n[nH]c3cc2O)cc1. The average Bonchev–Trinajstić information content (AvgIpc) is 3.18. The number of nitrogens with one attached hydrogen (secondary N) is 1. The quantitative estimate of drug-likeness (QED) is 0.492. The lowest BCUT2D eigenvalue weighted by Gasteiger charge is -2.18. The Labute approximate surface area is 179 Å². The first kappa shape index (κ1) is 20.3. The number of carbonyl (C=O) groups excluding carboxylic acids is 1. The second-order valence-corrected chi connectivity index (χ2v) is 7.18. The number of amides is 1. The van der Waals surface area contributed by atoms with Crippen molar-refractivity contribution in [2.24, 2.45) is 0 Å². The van der Waals surface area contributed by atoms with Gasteiger partial charge >= 0.3 is 0 Å². The lowest BCUT2D eigenvalue weighted by molar-refractivity contribution is 0.0990. The highest BCUT2D eigenvalue weighted by atomic mass is 16.5. The van der Waals surface area contributed by atoms with Crippen molar-refractivity contribution in [3.63, 3.8) is 0 Å². The number of phenolic OH excluding ortho intramolecular Hbond substituents is 1. The van der Waals surface area contributed by atoms with Gasteiger partial charge in [0.05, 0.1) is 31.0 Å². The summed E-state index contributed by atoms with van der Waals surface area (Å²) in [5, 5.41) is 18.6. The van der Waals surface area contributed by atoms with Crippen LogP contribution in [0, 0.1) is 0 Å². The van der Waals surface area contributed by atoms with E-state index < -0.39 is 0 Å². The summed E-state index contributed by atoms with van der Waals surface area (Å²) < 4.78 is 10.5. The molecule has 0 aliphatic rings. The number of nitrogens with zero attached hydrogens (tertiary/aromatic N) is 2. The van der Waals surface area contributed by atoms with Crippen LogP contribution >= 0.6 is 0 Å². The topological polar surface area (TPSA) is 87.7 Å². The summed E-state index contributed by atoms with van der Waals surface area (Å²) in [6.45, 7) is 0. The van der Waals surface area contributed by atoms with Crippen molar-refractivity contribution < 1.29 is 19.4 Å². The molecule has 3 aromatic carbocycles. The van der Waals surface area contributed by atoms with E-state index in [4.69, 9.17) is 9.47 Å². The molecule has 0 spiro atoms. The van der Waals surface area contributed by atoms with Crippen molar-refractivity contribution in [1.82, 2.24) is 10.2 Å². The second kappa shape index (κ2) is 8.39. The third-order valence-electron chi connectivity index (χ3n) is 5.26. The summed E-state index contributed by atoms with van der Waals surface area (Å²) >= 11 is 0. The molecule has 0 aliphatic heterocycles. The minimum atomic E-state index is -0.321. The number of phenols is 1. The number of aromatic nitrogens is 2. The number of H-pyrrole nitrogens is 1. The molecule has 158 valence electrons. The number of anilines is 1. The standard InChI is InChI=1S/C24H23N3O4/c1-27(16-7-9-17(30-2)10-8-16)24(29)20-13-19-21(25-26-22(19)14-23(20)28)12-15-5-4-6-18(11-15)31-3/h4-11,13-14,28H,12H2,1-3H3,(H,25,26). The van der Waals surface area contributed by atoms with Crippen molar-refractivity contribution in [3.05, 3.63) is 77.5 Å². The molecule has 7 heteroatoms. The van der Waals surface area contributed by atoms with Gasteiger partial charge in [-0.3, -0.25) is 9.89 Å². The molecule has 0 saturated carbocycles. The molecule has 0 radical (unpaired) electrons. The average molecular weight is 417 g/mol. The Morgan fingerprint density at radius 3 is 2.48 bits per heavy atom. The van der Waals surface area contributed by atoms with Crippen LogP contribution in [0.3, 0.4) is 0 Å². The molecule has 31 heavy (non-hydrogen) atoms. The lowest BCUT2D eigenvalue weighted by Crippen LogP contribution is -2.26. The number of aromatic hydroxyl groups is 1. The maximum absolute atomic E-state index is 13.1. The minimum Gasteiger partial charge on any atom is -0.507 e. The Bertz CT molecular complexity index is 1230. The van der Waals surface area contributed by atoms with Crippen molar-refractivity contribution >= 4 is 22.5 Å². The van der Waals surface area contributed by atoms with Crippen LogP contribution < -0.4 is 14.4 Å². The number of benzene rings is 3. The Morgan fingerprint density at radius 1 is 1.03 bits per heavy atom. The van der Waals surface area contributed by atoms with Crippen LogP contribution in [0.1, 0.15) is 21.6 Å². The maximum atomic E-state index is 13.1. The number of ether oxygens (including phenoxy) is 2. The monoisotopic (exact) mass is 417 g/mol. The molecule has 1 heterocycles. The van der Waals surface area contributed by atoms with Gasteiger partial charge in [-0.15, -0.1) is 0 Å². The minimum absolute atomic E-state index is 0.102. The number of aromatic amines is 1. The molecule has 0 saturated heterocycles. The van der Waals surface area contributed by atoms with E-state index >= 15 is 0 Å². The van der Waals surface area contributed by atoms with Crippen molar-refractivity contribution in [1.29, 1.82) is 0 Å². The molecule has 4 aromatic rings. The van der Waals surface area contributed by atoms with Gasteiger partial charge in [0, 0.05) is 30.6 Å². The van der Waals surface area contributed by atoms with Gasteiger partial charge in [-0.05, 0) is 48.0 Å². The van der Waals surface area contributed by atoms with E-state index in [-0.39, 0.29) is 17.2 Å². The zero-order chi connectivity index (χ0) is 22.0. The Morgan fingerprint density at radius 2 is 1.77 bits per heavy atom. The molecule has 1 aromatic heterocycles. The van der Waals surface area contributed by atoms with E-state index in [1.165, 1.54) is 11.0 Å². The predicted molar refractivity (Wildman–Crippen MR) is 119 cm³/mol. The normalized spacial score (nSPS) is 10.8. The van der Waals surface area contributed by atoms with E-state index in [1.54, 1.807) is 51.6 Å². The summed E-state index contributed by atoms with van der Waals surface area (Å²) in [5.74, 6) is 1.05. The first-order chi connectivity index (χ1) is 15.0. The smallest absolute Gasteiger partial charge is 0.261 e. The fourth-order valence-electron chi connectivity index (χ4n) is 3.49. The second-order valence-electron chi connectivity index (χ2n) is 7.18. The van der Waals surface area contributed by atoms with Crippen molar-refractivity contribution in [2.45, 2.75) is 6.42 Å². The zero-order valence-electron chi connectivity index (χ0n) is 17.5. The van der Waals surface area contributed by atoms with Crippen LogP contribution in [0.2, 0.25) is 0 Å². The van der Waals surface area contributed by atoms with Crippen molar-refractivity contribution in [2.75, 3.05) is 26.2 Å². The lowest BCUT2D eigenvalue weighted by atomic mass is 10.0. The van der Waals surface area contributed by atoms with E-state index in [9.17, 15) is 9.90 Å². The molecule has 0 aliphatic carbocycles. The first-order valence-corrected chi connectivity index (χ1v) is 9.75. The Kier molecular flexibility index (Phi) is 5.49. The molecule has 7 nitrogen and oxygen atoms in total. The molecule has 0 atom stereocenters. The summed E-state index contributed by atoms with van der Waals surface area (Å²) in [6, 6.07) is 18.1. The fourth-order valence-corrected chi connectivity index (χ4v) is 3.49. The van der Waals surface area contributed by atoms with Gasteiger partial charge < -0.3 is 19.5 Å². The molecule has 2 N–H and O–H groups in total. The van der Waals surface area contributed by atoms with Crippen LogP contribution in [0.25, 0.3) is 10.9 Å². The number of hydrogen-bond donors (Lipinski definition) is 2. The van der Waals surface area contributed by atoms with Crippen molar-refractivity contribution in [3.8, 4) is 17.2 Å². The van der Waals surface area contributed by atoms with Gasteiger partial charge in [-0.1, -0.05) is 12.1 Å². The molecule has 1 amide bonds. The van der Waals surface area contributed by atoms with Crippen LogP contribution in [-0.2, 0) is 6.42 Å². The van der Waals surface area contributed by atoms with Gasteiger partial charge in [-0.2, -0.15) is 5.10 Å². The van der Waals surface area contributed by atoms with E-state index in [2.05, 4.69) is 10.2 Å². The number of hydrogen-bond acceptors (Lipinski definition) is 5. The van der Waals surface area contributed by atoms with Gasteiger partial charge in [0.15, 0.2) is 0 Å². The first-order valence-electron chi connectivity index (χ1n) is 9.75. The molecular weight excluding hydrogens is 394 g/mol. The van der Waals surface area contributed by atoms with Gasteiger partial charge in [0.1, 0.15) is 17.2 Å². The summed E-state index contributed by atoms with van der Waals surface area (Å²) in [4.78, 5) is 14.6. The van der Waals surface area contributed by atoms with Gasteiger partial charge in [-0.25, -0.2) is 0 Å². The van der Waals surface area contributed by atoms with Crippen LogP contribution in [0.4, 0.5) is 5.69 Å².